The summed E-state index contributed by atoms with van der Waals surface area (Å²) in [6.45, 7) is 8.36. The number of hydrogen-bond donors (Lipinski definition) is 1. The number of nitrogens with one attached hydrogen (secondary N) is 1. The zero-order valence-electron chi connectivity index (χ0n) is 16.7. The average molecular weight is 378 g/mol. The summed E-state index contributed by atoms with van der Waals surface area (Å²) in [5.41, 5.74) is 3.08. The molecule has 0 saturated heterocycles. The Morgan fingerprint density at radius 1 is 1.18 bits per heavy atom. The summed E-state index contributed by atoms with van der Waals surface area (Å²) in [5, 5.41) is 7.15. The van der Waals surface area contributed by atoms with Crippen molar-refractivity contribution < 1.29 is 9.53 Å². The van der Waals surface area contributed by atoms with Gasteiger partial charge in [-0.1, -0.05) is 32.0 Å². The van der Waals surface area contributed by atoms with Crippen LogP contribution in [0.15, 0.2) is 55.0 Å². The third-order valence-corrected chi connectivity index (χ3v) is 4.59. The summed E-state index contributed by atoms with van der Waals surface area (Å²) in [4.78, 5) is 16.9. The summed E-state index contributed by atoms with van der Waals surface area (Å²) in [6.07, 6.45) is 4.62. The van der Waals surface area contributed by atoms with Crippen molar-refractivity contribution in [3.8, 4) is 11.6 Å². The van der Waals surface area contributed by atoms with Crippen molar-refractivity contribution in [3.05, 3.63) is 71.7 Å². The van der Waals surface area contributed by atoms with E-state index in [-0.39, 0.29) is 5.91 Å². The maximum atomic E-state index is 12.6. The number of carbonyl (C=O) groups is 1. The Kier molecular flexibility index (Phi) is 6.09. The lowest BCUT2D eigenvalue weighted by atomic mass is 10.0. The lowest BCUT2D eigenvalue weighted by Gasteiger charge is -2.18. The standard InChI is InChI=1S/C22H26N4O2/c1-15(2)18-9-8-16(3)20(13-18)28-17(4)22(27)24-14-19-7-5-10-23-21(19)26-12-6-11-25-26/h5-13,15,17H,14H2,1-4H3,(H,24,27). The average Bonchev–Trinajstić information content (AvgIpc) is 3.22. The van der Waals surface area contributed by atoms with Crippen LogP contribution in [0.25, 0.3) is 5.82 Å². The molecule has 0 saturated carbocycles. The molecule has 0 fully saturated rings. The minimum absolute atomic E-state index is 0.176. The number of carbonyl (C=O) groups excluding carboxylic acids is 1. The molecular weight excluding hydrogens is 352 g/mol. The van der Waals surface area contributed by atoms with E-state index in [1.807, 2.05) is 43.5 Å². The smallest absolute Gasteiger partial charge is 0.261 e. The molecule has 0 bridgehead atoms. The van der Waals surface area contributed by atoms with Crippen molar-refractivity contribution in [2.45, 2.75) is 46.3 Å². The minimum Gasteiger partial charge on any atom is -0.481 e. The van der Waals surface area contributed by atoms with Gasteiger partial charge in [0, 0.05) is 30.7 Å². The zero-order valence-corrected chi connectivity index (χ0v) is 16.7. The first-order valence-corrected chi connectivity index (χ1v) is 9.44. The quantitative estimate of drug-likeness (QED) is 0.679. The van der Waals surface area contributed by atoms with Crippen molar-refractivity contribution in [3.63, 3.8) is 0 Å². The number of hydrogen-bond acceptors (Lipinski definition) is 4. The van der Waals surface area contributed by atoms with E-state index in [0.29, 0.717) is 18.3 Å². The Morgan fingerprint density at radius 3 is 2.71 bits per heavy atom. The number of rotatable bonds is 7. The Bertz CT molecular complexity index is 935. The van der Waals surface area contributed by atoms with E-state index in [1.165, 1.54) is 5.56 Å². The molecule has 0 aliphatic carbocycles. The summed E-state index contributed by atoms with van der Waals surface area (Å²) in [6, 6.07) is 11.7. The molecule has 146 valence electrons. The van der Waals surface area contributed by atoms with E-state index in [2.05, 4.69) is 35.3 Å². The van der Waals surface area contributed by atoms with E-state index in [4.69, 9.17) is 4.74 Å². The second-order valence-electron chi connectivity index (χ2n) is 7.09. The maximum absolute atomic E-state index is 12.6. The Labute approximate surface area is 165 Å². The number of benzene rings is 1. The molecule has 28 heavy (non-hydrogen) atoms. The predicted molar refractivity (Wildman–Crippen MR) is 109 cm³/mol. The van der Waals surface area contributed by atoms with Crippen LogP contribution in [0.5, 0.6) is 5.75 Å². The molecule has 1 unspecified atom stereocenters. The molecule has 3 rings (SSSR count). The predicted octanol–water partition coefficient (Wildman–Crippen LogP) is 3.78. The van der Waals surface area contributed by atoms with Crippen LogP contribution < -0.4 is 10.1 Å². The van der Waals surface area contributed by atoms with Gasteiger partial charge in [0.15, 0.2) is 11.9 Å². The number of aromatic nitrogens is 3. The summed E-state index contributed by atoms with van der Waals surface area (Å²) >= 11 is 0. The molecule has 0 radical (unpaired) electrons. The van der Waals surface area contributed by atoms with Gasteiger partial charge in [-0.3, -0.25) is 4.79 Å². The fourth-order valence-corrected chi connectivity index (χ4v) is 2.84. The van der Waals surface area contributed by atoms with Gasteiger partial charge in [-0.25, -0.2) is 9.67 Å². The van der Waals surface area contributed by atoms with E-state index >= 15 is 0 Å². The van der Waals surface area contributed by atoms with Crippen LogP contribution in [-0.2, 0) is 11.3 Å². The number of ether oxygens (including phenoxy) is 1. The maximum Gasteiger partial charge on any atom is 0.261 e. The number of aryl methyl sites for hydroxylation is 1. The normalized spacial score (nSPS) is 12.0. The van der Waals surface area contributed by atoms with Crippen molar-refractivity contribution in [1.29, 1.82) is 0 Å². The van der Waals surface area contributed by atoms with Gasteiger partial charge in [-0.2, -0.15) is 5.10 Å². The molecule has 1 atom stereocenters. The summed E-state index contributed by atoms with van der Waals surface area (Å²) in [7, 11) is 0. The monoisotopic (exact) mass is 378 g/mol. The van der Waals surface area contributed by atoms with E-state index < -0.39 is 6.10 Å². The first-order chi connectivity index (χ1) is 13.5. The van der Waals surface area contributed by atoms with Crippen LogP contribution in [0.1, 0.15) is 43.4 Å². The number of amides is 1. The van der Waals surface area contributed by atoms with Crippen molar-refractivity contribution in [2.75, 3.05) is 0 Å². The van der Waals surface area contributed by atoms with Gasteiger partial charge in [-0.15, -0.1) is 0 Å². The highest BCUT2D eigenvalue weighted by atomic mass is 16.5. The molecular formula is C22H26N4O2. The molecule has 2 aromatic heterocycles. The van der Waals surface area contributed by atoms with Crippen LogP contribution in [0.4, 0.5) is 0 Å². The van der Waals surface area contributed by atoms with Gasteiger partial charge in [0.1, 0.15) is 5.75 Å². The van der Waals surface area contributed by atoms with Gasteiger partial charge in [0.05, 0.1) is 0 Å². The molecule has 6 nitrogen and oxygen atoms in total. The van der Waals surface area contributed by atoms with Gasteiger partial charge in [-0.05, 0) is 49.1 Å². The highest BCUT2D eigenvalue weighted by Crippen LogP contribution is 2.25. The third-order valence-electron chi connectivity index (χ3n) is 4.59. The molecule has 3 aromatic rings. The van der Waals surface area contributed by atoms with Crippen LogP contribution >= 0.6 is 0 Å². The minimum atomic E-state index is -0.606. The van der Waals surface area contributed by atoms with E-state index in [9.17, 15) is 4.79 Å². The van der Waals surface area contributed by atoms with Crippen LogP contribution in [0.3, 0.4) is 0 Å². The van der Waals surface area contributed by atoms with Gasteiger partial charge >= 0.3 is 0 Å². The SMILES string of the molecule is Cc1ccc(C(C)C)cc1OC(C)C(=O)NCc1cccnc1-n1cccn1. The molecule has 0 spiro atoms. The van der Waals surface area contributed by atoms with Gasteiger partial charge in [0.2, 0.25) is 0 Å². The molecule has 2 heterocycles. The zero-order chi connectivity index (χ0) is 20.1. The van der Waals surface area contributed by atoms with Crippen LogP contribution in [-0.4, -0.2) is 26.8 Å². The highest BCUT2D eigenvalue weighted by Gasteiger charge is 2.17. The Hall–Kier alpha value is -3.15. The van der Waals surface area contributed by atoms with Crippen molar-refractivity contribution >= 4 is 5.91 Å². The van der Waals surface area contributed by atoms with E-state index in [0.717, 1.165) is 16.9 Å². The first-order valence-electron chi connectivity index (χ1n) is 9.44. The second kappa shape index (κ2) is 8.69. The molecule has 0 aliphatic heterocycles. The Morgan fingerprint density at radius 2 is 2.00 bits per heavy atom. The fourth-order valence-electron chi connectivity index (χ4n) is 2.84. The molecule has 1 N–H and O–H groups in total. The molecule has 0 aliphatic rings. The van der Waals surface area contributed by atoms with E-state index in [1.54, 1.807) is 24.0 Å². The van der Waals surface area contributed by atoms with Gasteiger partial charge in [0.25, 0.3) is 5.91 Å². The number of pyridine rings is 1. The summed E-state index contributed by atoms with van der Waals surface area (Å²) in [5.74, 6) is 1.66. The van der Waals surface area contributed by atoms with Crippen molar-refractivity contribution in [1.82, 2.24) is 20.1 Å². The lowest BCUT2D eigenvalue weighted by Crippen LogP contribution is -2.36. The van der Waals surface area contributed by atoms with Crippen LogP contribution in [0.2, 0.25) is 0 Å². The lowest BCUT2D eigenvalue weighted by molar-refractivity contribution is -0.127. The topological polar surface area (TPSA) is 69.0 Å². The van der Waals surface area contributed by atoms with Crippen LogP contribution in [0, 0.1) is 6.92 Å². The summed E-state index contributed by atoms with van der Waals surface area (Å²) < 4.78 is 7.63. The fraction of sp³-hybridized carbons (Fsp3) is 0.318. The number of nitrogens with zero attached hydrogens (tertiary/aromatic N) is 3. The third kappa shape index (κ3) is 4.57. The molecule has 6 heteroatoms. The van der Waals surface area contributed by atoms with Crippen molar-refractivity contribution in [2.24, 2.45) is 0 Å². The van der Waals surface area contributed by atoms with Gasteiger partial charge < -0.3 is 10.1 Å². The first kappa shape index (κ1) is 19.6. The molecule has 1 amide bonds. The second-order valence-corrected chi connectivity index (χ2v) is 7.09. The largest absolute Gasteiger partial charge is 0.481 e. The molecule has 1 aromatic carbocycles. The Balaban J connectivity index is 1.66. The highest BCUT2D eigenvalue weighted by molar-refractivity contribution is 5.80.